The van der Waals surface area contributed by atoms with Crippen LogP contribution in [0.3, 0.4) is 0 Å². The number of hydrogen-bond donors (Lipinski definition) is 2. The highest BCUT2D eigenvalue weighted by Gasteiger charge is 2.29. The minimum Gasteiger partial charge on any atom is -0.352 e. The van der Waals surface area contributed by atoms with Crippen molar-refractivity contribution in [2.75, 3.05) is 0 Å². The maximum atomic E-state index is 12.6. The molecule has 0 radical (unpaired) electrons. The third-order valence-corrected chi connectivity index (χ3v) is 4.04. The topological polar surface area (TPSA) is 41.1 Å². The van der Waals surface area contributed by atoms with E-state index in [0.29, 0.717) is 6.04 Å². The molecule has 0 unspecified atom stereocenters. The summed E-state index contributed by atoms with van der Waals surface area (Å²) in [5.74, 6) is 0.0662. The van der Waals surface area contributed by atoms with Gasteiger partial charge in [0.05, 0.1) is 0 Å². The fraction of sp³-hybridized carbons (Fsp3) is 0.316. The van der Waals surface area contributed by atoms with Gasteiger partial charge in [0, 0.05) is 12.1 Å². The van der Waals surface area contributed by atoms with E-state index < -0.39 is 0 Å². The zero-order valence-corrected chi connectivity index (χ0v) is 12.8. The number of amides is 1. The zero-order chi connectivity index (χ0) is 15.4. The van der Waals surface area contributed by atoms with Gasteiger partial charge in [0.1, 0.15) is 6.04 Å². The molecule has 1 amide bonds. The number of rotatable bonds is 6. The Balaban J connectivity index is 1.77. The molecule has 3 heteroatoms. The SMILES string of the molecule is C[C@@H](N[C@H](C(=O)NC1CC1)c1ccccc1)c1ccccc1. The first-order valence-electron chi connectivity index (χ1n) is 7.90. The monoisotopic (exact) mass is 294 g/mol. The third-order valence-electron chi connectivity index (χ3n) is 4.04. The van der Waals surface area contributed by atoms with Gasteiger partial charge in [-0.3, -0.25) is 10.1 Å². The summed E-state index contributed by atoms with van der Waals surface area (Å²) in [7, 11) is 0. The van der Waals surface area contributed by atoms with Crippen LogP contribution in [0.5, 0.6) is 0 Å². The van der Waals surface area contributed by atoms with E-state index in [0.717, 1.165) is 18.4 Å². The molecule has 2 aromatic rings. The van der Waals surface area contributed by atoms with E-state index in [9.17, 15) is 4.79 Å². The lowest BCUT2D eigenvalue weighted by atomic mass is 10.0. The molecular weight excluding hydrogens is 272 g/mol. The van der Waals surface area contributed by atoms with Crippen LogP contribution in [0, 0.1) is 0 Å². The third kappa shape index (κ3) is 3.74. The van der Waals surface area contributed by atoms with Crippen LogP contribution in [-0.2, 0) is 4.79 Å². The molecule has 1 fully saturated rings. The van der Waals surface area contributed by atoms with Crippen LogP contribution < -0.4 is 10.6 Å². The van der Waals surface area contributed by atoms with Gasteiger partial charge in [0.15, 0.2) is 0 Å². The first-order chi connectivity index (χ1) is 10.7. The number of carbonyl (C=O) groups is 1. The first kappa shape index (κ1) is 14.8. The molecule has 0 heterocycles. The lowest BCUT2D eigenvalue weighted by molar-refractivity contribution is -0.123. The molecule has 2 aromatic carbocycles. The summed E-state index contributed by atoms with van der Waals surface area (Å²) in [6, 6.07) is 20.3. The average molecular weight is 294 g/mol. The Morgan fingerprint density at radius 1 is 0.955 bits per heavy atom. The molecule has 1 aliphatic carbocycles. The van der Waals surface area contributed by atoms with Crippen LogP contribution in [0.15, 0.2) is 60.7 Å². The van der Waals surface area contributed by atoms with Crippen LogP contribution in [0.25, 0.3) is 0 Å². The minimum absolute atomic E-state index is 0.0662. The summed E-state index contributed by atoms with van der Waals surface area (Å²) >= 11 is 0. The van der Waals surface area contributed by atoms with Crippen molar-refractivity contribution in [1.29, 1.82) is 0 Å². The number of nitrogens with one attached hydrogen (secondary N) is 2. The van der Waals surface area contributed by atoms with Crippen LogP contribution >= 0.6 is 0 Å². The van der Waals surface area contributed by atoms with Gasteiger partial charge in [-0.15, -0.1) is 0 Å². The predicted molar refractivity (Wildman–Crippen MR) is 88.3 cm³/mol. The molecule has 2 N–H and O–H groups in total. The Kier molecular flexibility index (Phi) is 4.54. The second-order valence-electron chi connectivity index (χ2n) is 5.93. The highest BCUT2D eigenvalue weighted by atomic mass is 16.2. The smallest absolute Gasteiger partial charge is 0.241 e. The molecule has 0 aliphatic heterocycles. The van der Waals surface area contributed by atoms with Crippen molar-refractivity contribution in [1.82, 2.24) is 10.6 Å². The maximum absolute atomic E-state index is 12.6. The van der Waals surface area contributed by atoms with Gasteiger partial charge in [-0.05, 0) is 30.9 Å². The molecule has 3 nitrogen and oxygen atoms in total. The van der Waals surface area contributed by atoms with Crippen LogP contribution in [0.2, 0.25) is 0 Å². The van der Waals surface area contributed by atoms with E-state index >= 15 is 0 Å². The average Bonchev–Trinajstić information content (AvgIpc) is 3.38. The summed E-state index contributed by atoms with van der Waals surface area (Å²) in [6.45, 7) is 2.09. The van der Waals surface area contributed by atoms with E-state index in [1.54, 1.807) is 0 Å². The van der Waals surface area contributed by atoms with Crippen molar-refractivity contribution in [2.45, 2.75) is 37.9 Å². The standard InChI is InChI=1S/C19H22N2O/c1-14(15-8-4-2-5-9-15)20-18(16-10-6-3-7-11-16)19(22)21-17-12-13-17/h2-11,14,17-18,20H,12-13H2,1H3,(H,21,22)/t14-,18+/m1/s1. The normalized spacial score (nSPS) is 16.8. The van der Waals surface area contributed by atoms with Gasteiger partial charge in [-0.1, -0.05) is 60.7 Å². The van der Waals surface area contributed by atoms with Crippen molar-refractivity contribution < 1.29 is 4.79 Å². The lowest BCUT2D eigenvalue weighted by Gasteiger charge is -2.23. The van der Waals surface area contributed by atoms with Crippen molar-refractivity contribution >= 4 is 5.91 Å². The molecule has 0 spiro atoms. The Morgan fingerprint density at radius 2 is 1.50 bits per heavy atom. The van der Waals surface area contributed by atoms with E-state index in [2.05, 4.69) is 29.7 Å². The fourth-order valence-electron chi connectivity index (χ4n) is 2.57. The molecule has 1 saturated carbocycles. The zero-order valence-electron chi connectivity index (χ0n) is 12.8. The summed E-state index contributed by atoms with van der Waals surface area (Å²) in [5.41, 5.74) is 2.19. The van der Waals surface area contributed by atoms with Crippen molar-refractivity contribution in [3.05, 3.63) is 71.8 Å². The highest BCUT2D eigenvalue weighted by Crippen LogP contribution is 2.23. The van der Waals surface area contributed by atoms with Gasteiger partial charge in [-0.2, -0.15) is 0 Å². The van der Waals surface area contributed by atoms with Gasteiger partial charge < -0.3 is 5.32 Å². The van der Waals surface area contributed by atoms with E-state index in [1.807, 2.05) is 48.5 Å². The maximum Gasteiger partial charge on any atom is 0.241 e. The Labute approximate surface area is 131 Å². The van der Waals surface area contributed by atoms with Crippen LogP contribution in [0.4, 0.5) is 0 Å². The second kappa shape index (κ2) is 6.75. The van der Waals surface area contributed by atoms with Crippen molar-refractivity contribution in [3.63, 3.8) is 0 Å². The lowest BCUT2D eigenvalue weighted by Crippen LogP contribution is -2.39. The van der Waals surface area contributed by atoms with Crippen LogP contribution in [0.1, 0.15) is 43.0 Å². The fourth-order valence-corrected chi connectivity index (χ4v) is 2.57. The second-order valence-corrected chi connectivity index (χ2v) is 5.93. The quantitative estimate of drug-likeness (QED) is 0.858. The molecule has 22 heavy (non-hydrogen) atoms. The Bertz CT molecular complexity index is 608. The number of carbonyl (C=O) groups excluding carboxylic acids is 1. The molecule has 2 atom stereocenters. The molecule has 114 valence electrons. The van der Waals surface area contributed by atoms with E-state index in [-0.39, 0.29) is 18.0 Å². The van der Waals surface area contributed by atoms with Gasteiger partial charge in [0.25, 0.3) is 0 Å². The van der Waals surface area contributed by atoms with Gasteiger partial charge in [0.2, 0.25) is 5.91 Å². The van der Waals surface area contributed by atoms with Crippen molar-refractivity contribution in [3.8, 4) is 0 Å². The molecule has 3 rings (SSSR count). The summed E-state index contributed by atoms with van der Waals surface area (Å²) < 4.78 is 0. The molecular formula is C19H22N2O. The minimum atomic E-state index is -0.322. The van der Waals surface area contributed by atoms with Crippen LogP contribution in [-0.4, -0.2) is 11.9 Å². The largest absolute Gasteiger partial charge is 0.352 e. The predicted octanol–water partition coefficient (Wildman–Crippen LogP) is 3.36. The summed E-state index contributed by atoms with van der Waals surface area (Å²) in [5, 5.41) is 6.58. The Hall–Kier alpha value is -2.13. The molecule has 0 bridgehead atoms. The van der Waals surface area contributed by atoms with E-state index in [4.69, 9.17) is 0 Å². The Morgan fingerprint density at radius 3 is 2.05 bits per heavy atom. The van der Waals surface area contributed by atoms with Crippen molar-refractivity contribution in [2.24, 2.45) is 0 Å². The molecule has 0 saturated heterocycles. The highest BCUT2D eigenvalue weighted by molar-refractivity contribution is 5.83. The van der Waals surface area contributed by atoms with E-state index in [1.165, 1.54) is 5.56 Å². The first-order valence-corrected chi connectivity index (χ1v) is 7.90. The number of hydrogen-bond acceptors (Lipinski definition) is 2. The van der Waals surface area contributed by atoms with Gasteiger partial charge >= 0.3 is 0 Å². The van der Waals surface area contributed by atoms with Gasteiger partial charge in [-0.25, -0.2) is 0 Å². The summed E-state index contributed by atoms with van der Waals surface area (Å²) in [4.78, 5) is 12.6. The number of benzene rings is 2. The summed E-state index contributed by atoms with van der Waals surface area (Å²) in [6.07, 6.45) is 2.20. The molecule has 1 aliphatic rings. The molecule has 0 aromatic heterocycles.